The molecule has 2 heterocycles. The number of carbonyl (C=O) groups is 2. The first kappa shape index (κ1) is 26.0. The van der Waals surface area contributed by atoms with Crippen LogP contribution in [0.5, 0.6) is 11.5 Å². The van der Waals surface area contributed by atoms with Crippen molar-refractivity contribution in [2.45, 2.75) is 19.4 Å². The molecule has 0 spiro atoms. The molecule has 1 saturated heterocycles. The summed E-state index contributed by atoms with van der Waals surface area (Å²) in [6.45, 7) is 2.87. The Bertz CT molecular complexity index is 1330. The molecule has 2 aromatic carbocycles. The van der Waals surface area contributed by atoms with Crippen LogP contribution in [-0.2, 0) is 9.59 Å². The normalized spacial score (nSPS) is 17.0. The second kappa shape index (κ2) is 10.9. The predicted octanol–water partition coefficient (Wildman–Crippen LogP) is 3.57. The van der Waals surface area contributed by atoms with Crippen molar-refractivity contribution < 1.29 is 24.2 Å². The molecule has 0 radical (unpaired) electrons. The third-order valence-electron chi connectivity index (χ3n) is 6.54. The van der Waals surface area contributed by atoms with Gasteiger partial charge in [-0.05, 0) is 64.3 Å². The van der Waals surface area contributed by atoms with E-state index in [4.69, 9.17) is 9.47 Å². The fourth-order valence-corrected chi connectivity index (χ4v) is 4.66. The summed E-state index contributed by atoms with van der Waals surface area (Å²) in [4.78, 5) is 30.3. The third-order valence-corrected chi connectivity index (χ3v) is 6.54. The average molecular weight is 505 g/mol. The van der Waals surface area contributed by atoms with Crippen LogP contribution in [0.3, 0.4) is 0 Å². The van der Waals surface area contributed by atoms with Crippen molar-refractivity contribution in [2.24, 2.45) is 0 Å². The summed E-state index contributed by atoms with van der Waals surface area (Å²) in [7, 11) is 6.96. The number of rotatable bonds is 9. The Hall–Kier alpha value is -4.11. The highest BCUT2D eigenvalue weighted by Crippen LogP contribution is 2.44. The molecule has 0 bridgehead atoms. The maximum atomic E-state index is 13.4. The number of aromatic nitrogens is 2. The number of nitrogens with zero attached hydrogens (tertiary/aromatic N) is 4. The molecule has 194 valence electrons. The van der Waals surface area contributed by atoms with Gasteiger partial charge >= 0.3 is 0 Å². The van der Waals surface area contributed by atoms with Gasteiger partial charge in [0.1, 0.15) is 17.3 Å². The van der Waals surface area contributed by atoms with Crippen LogP contribution >= 0.6 is 0 Å². The number of carbonyl (C=O) groups excluding carboxylic acids is 2. The van der Waals surface area contributed by atoms with Gasteiger partial charge in [0.15, 0.2) is 0 Å². The largest absolute Gasteiger partial charge is 0.507 e. The van der Waals surface area contributed by atoms with Crippen molar-refractivity contribution in [3.8, 4) is 17.2 Å². The van der Waals surface area contributed by atoms with Crippen molar-refractivity contribution in [3.63, 3.8) is 0 Å². The minimum Gasteiger partial charge on any atom is -0.507 e. The lowest BCUT2D eigenvalue weighted by molar-refractivity contribution is -0.140. The van der Waals surface area contributed by atoms with Gasteiger partial charge in [-0.15, -0.1) is 0 Å². The lowest BCUT2D eigenvalue weighted by Gasteiger charge is -2.27. The summed E-state index contributed by atoms with van der Waals surface area (Å²) in [6, 6.07) is 13.8. The molecular formula is C28H32N4O5. The molecule has 1 amide bonds. The number of likely N-dealkylation sites (tertiary alicyclic amines) is 1. The fourth-order valence-electron chi connectivity index (χ4n) is 4.66. The van der Waals surface area contributed by atoms with Gasteiger partial charge < -0.3 is 24.4 Å². The van der Waals surface area contributed by atoms with Gasteiger partial charge in [0.2, 0.25) is 0 Å². The molecule has 3 aromatic rings. The molecule has 1 fully saturated rings. The number of methoxy groups -OCH3 is 2. The lowest BCUT2D eigenvalue weighted by Crippen LogP contribution is -2.32. The highest BCUT2D eigenvalue weighted by atomic mass is 16.5. The van der Waals surface area contributed by atoms with Crippen molar-refractivity contribution >= 4 is 17.4 Å². The van der Waals surface area contributed by atoms with Gasteiger partial charge in [0, 0.05) is 12.1 Å². The average Bonchev–Trinajstić information content (AvgIpc) is 3.40. The van der Waals surface area contributed by atoms with Crippen molar-refractivity contribution in [1.82, 2.24) is 19.6 Å². The number of ketones is 1. The molecule has 9 nitrogen and oxygen atoms in total. The number of hydrogen-bond donors (Lipinski definition) is 1. The Kier molecular flexibility index (Phi) is 7.63. The van der Waals surface area contributed by atoms with E-state index in [1.165, 1.54) is 18.2 Å². The van der Waals surface area contributed by atoms with Gasteiger partial charge in [0.25, 0.3) is 11.7 Å². The molecule has 1 aromatic heterocycles. The monoisotopic (exact) mass is 504 g/mol. The minimum absolute atomic E-state index is 0.00267. The molecule has 1 atom stereocenters. The summed E-state index contributed by atoms with van der Waals surface area (Å²) in [6.07, 6.45) is 2.16. The molecule has 4 rings (SSSR count). The van der Waals surface area contributed by atoms with Crippen LogP contribution in [0.1, 0.15) is 29.3 Å². The second-order valence-electron chi connectivity index (χ2n) is 9.15. The summed E-state index contributed by atoms with van der Waals surface area (Å²) in [5, 5.41) is 16.0. The van der Waals surface area contributed by atoms with Gasteiger partial charge in [-0.1, -0.05) is 18.2 Å². The van der Waals surface area contributed by atoms with Crippen LogP contribution in [0.25, 0.3) is 11.4 Å². The van der Waals surface area contributed by atoms with Crippen LogP contribution in [0.15, 0.2) is 60.3 Å². The minimum atomic E-state index is -0.855. The number of hydrogen-bond acceptors (Lipinski definition) is 7. The van der Waals surface area contributed by atoms with Crippen LogP contribution in [0.4, 0.5) is 0 Å². The number of benzene rings is 2. The molecule has 0 unspecified atom stereocenters. The molecule has 0 aliphatic carbocycles. The molecule has 0 saturated carbocycles. The van der Waals surface area contributed by atoms with Gasteiger partial charge in [-0.3, -0.25) is 9.59 Å². The molecule has 1 aliphatic heterocycles. The molecule has 37 heavy (non-hydrogen) atoms. The summed E-state index contributed by atoms with van der Waals surface area (Å²) in [5.41, 5.74) is 2.38. The predicted molar refractivity (Wildman–Crippen MR) is 140 cm³/mol. The quantitative estimate of drug-likeness (QED) is 0.270. The number of para-hydroxylation sites is 1. The maximum Gasteiger partial charge on any atom is 0.295 e. The number of amides is 1. The van der Waals surface area contributed by atoms with E-state index in [2.05, 4.69) is 5.10 Å². The first-order valence-electron chi connectivity index (χ1n) is 12.0. The Morgan fingerprint density at radius 1 is 1.08 bits per heavy atom. The SMILES string of the molecule is COc1ccc(OC)c([C@H]2C(=C(O)c3cnn(-c4ccccc4)c3C)C(=O)C(=O)N2CCCN(C)C)c1. The topological polar surface area (TPSA) is 97.1 Å². The van der Waals surface area contributed by atoms with E-state index < -0.39 is 17.7 Å². The highest BCUT2D eigenvalue weighted by molar-refractivity contribution is 6.46. The molecule has 1 aliphatic rings. The van der Waals surface area contributed by atoms with E-state index in [0.717, 1.165) is 12.2 Å². The number of aliphatic hydroxyl groups is 1. The van der Waals surface area contributed by atoms with Crippen molar-refractivity contribution in [2.75, 3.05) is 41.4 Å². The van der Waals surface area contributed by atoms with Gasteiger partial charge in [-0.2, -0.15) is 5.10 Å². The van der Waals surface area contributed by atoms with Crippen LogP contribution in [-0.4, -0.2) is 77.8 Å². The number of aliphatic hydroxyl groups excluding tert-OH is 1. The second-order valence-corrected chi connectivity index (χ2v) is 9.15. The summed E-state index contributed by atoms with van der Waals surface area (Å²) >= 11 is 0. The zero-order valence-corrected chi connectivity index (χ0v) is 21.8. The Morgan fingerprint density at radius 3 is 2.46 bits per heavy atom. The summed E-state index contributed by atoms with van der Waals surface area (Å²) < 4.78 is 12.7. The van der Waals surface area contributed by atoms with Gasteiger partial charge in [0.05, 0.1) is 49.0 Å². The molecular weight excluding hydrogens is 472 g/mol. The third kappa shape index (κ3) is 4.95. The fraction of sp³-hybridized carbons (Fsp3) is 0.321. The van der Waals surface area contributed by atoms with Gasteiger partial charge in [-0.25, -0.2) is 4.68 Å². The smallest absolute Gasteiger partial charge is 0.295 e. The maximum absolute atomic E-state index is 13.4. The van der Waals surface area contributed by atoms with Crippen LogP contribution in [0, 0.1) is 6.92 Å². The van der Waals surface area contributed by atoms with E-state index in [9.17, 15) is 14.7 Å². The summed E-state index contributed by atoms with van der Waals surface area (Å²) in [5.74, 6) is -0.661. The molecule has 9 heteroatoms. The van der Waals surface area contributed by atoms with E-state index in [0.29, 0.717) is 41.3 Å². The van der Waals surface area contributed by atoms with E-state index in [1.54, 1.807) is 30.0 Å². The van der Waals surface area contributed by atoms with Crippen LogP contribution in [0.2, 0.25) is 0 Å². The first-order valence-corrected chi connectivity index (χ1v) is 12.0. The molecule has 1 N–H and O–H groups in total. The first-order chi connectivity index (χ1) is 17.8. The Morgan fingerprint density at radius 2 is 1.81 bits per heavy atom. The Balaban J connectivity index is 1.88. The highest BCUT2D eigenvalue weighted by Gasteiger charge is 2.47. The lowest BCUT2D eigenvalue weighted by atomic mass is 9.94. The van der Waals surface area contributed by atoms with Crippen LogP contribution < -0.4 is 9.47 Å². The van der Waals surface area contributed by atoms with Crippen molar-refractivity contribution in [1.29, 1.82) is 0 Å². The van der Waals surface area contributed by atoms with E-state index >= 15 is 0 Å². The Labute approximate surface area is 216 Å². The van der Waals surface area contributed by atoms with E-state index in [1.807, 2.05) is 56.3 Å². The zero-order valence-electron chi connectivity index (χ0n) is 21.8. The zero-order chi connectivity index (χ0) is 26.7. The number of ether oxygens (including phenoxy) is 2. The standard InChI is InChI=1S/C28H32N4O5/c1-18-22(17-29-32(18)19-10-7-6-8-11-19)26(33)24-25(21-16-20(36-4)12-13-23(21)37-5)31(28(35)27(24)34)15-9-14-30(2)3/h6-8,10-13,16-17,25,33H,9,14-15H2,1-5H3/t25-/m0/s1. The van der Waals surface area contributed by atoms with E-state index in [-0.39, 0.29) is 11.3 Å². The van der Waals surface area contributed by atoms with Crippen molar-refractivity contribution in [3.05, 3.63) is 77.1 Å². The number of Topliss-reactive ketones (excluding diaryl/α,β-unsaturated/α-hetero) is 1.